The van der Waals surface area contributed by atoms with Crippen LogP contribution >= 0.6 is 11.3 Å². The van der Waals surface area contributed by atoms with E-state index in [0.717, 1.165) is 13.1 Å². The lowest BCUT2D eigenvalue weighted by Gasteiger charge is -2.18. The van der Waals surface area contributed by atoms with Crippen LogP contribution in [0.4, 0.5) is 5.13 Å². The number of likely N-dealkylation sites (tertiary alicyclic amines) is 1. The predicted molar refractivity (Wildman–Crippen MR) is 63.4 cm³/mol. The van der Waals surface area contributed by atoms with Gasteiger partial charge in [0, 0.05) is 0 Å². The van der Waals surface area contributed by atoms with Crippen LogP contribution in [-0.2, 0) is 4.79 Å². The maximum atomic E-state index is 11.7. The number of nitrogens with one attached hydrogen (secondary N) is 1. The highest BCUT2D eigenvalue weighted by Crippen LogP contribution is 2.11. The molecule has 1 amide bonds. The first-order valence-corrected chi connectivity index (χ1v) is 6.51. The molecule has 1 aromatic heterocycles. The first-order chi connectivity index (χ1) is 7.84. The maximum absolute atomic E-state index is 11.7. The Bertz CT molecular complexity index is 320. The van der Waals surface area contributed by atoms with Gasteiger partial charge in [0.15, 0.2) is 0 Å². The fourth-order valence-electron chi connectivity index (χ4n) is 1.88. The van der Waals surface area contributed by atoms with Crippen molar-refractivity contribution in [2.45, 2.75) is 25.7 Å². The zero-order valence-corrected chi connectivity index (χ0v) is 10.0. The SMILES string of the molecule is O=C(CN1CCCCCC1)Nc1nncs1. The first-order valence-electron chi connectivity index (χ1n) is 5.63. The molecule has 1 fully saturated rings. The smallest absolute Gasteiger partial charge is 0.240 e. The van der Waals surface area contributed by atoms with E-state index in [1.807, 2.05) is 0 Å². The van der Waals surface area contributed by atoms with E-state index in [2.05, 4.69) is 20.4 Å². The summed E-state index contributed by atoms with van der Waals surface area (Å²) < 4.78 is 0. The van der Waals surface area contributed by atoms with Crippen molar-refractivity contribution in [3.05, 3.63) is 5.51 Å². The molecule has 0 atom stereocenters. The number of carbonyl (C=O) groups excluding carboxylic acids is 1. The summed E-state index contributed by atoms with van der Waals surface area (Å²) in [5, 5.41) is 10.8. The Morgan fingerprint density at radius 2 is 2.12 bits per heavy atom. The van der Waals surface area contributed by atoms with Gasteiger partial charge >= 0.3 is 0 Å². The number of aromatic nitrogens is 2. The van der Waals surface area contributed by atoms with Gasteiger partial charge in [-0.1, -0.05) is 24.2 Å². The van der Waals surface area contributed by atoms with Gasteiger partial charge in [0.1, 0.15) is 5.51 Å². The van der Waals surface area contributed by atoms with E-state index >= 15 is 0 Å². The molecule has 1 aliphatic rings. The van der Waals surface area contributed by atoms with Crippen molar-refractivity contribution >= 4 is 22.4 Å². The third-order valence-electron chi connectivity index (χ3n) is 2.67. The predicted octanol–water partition coefficient (Wildman–Crippen LogP) is 1.35. The summed E-state index contributed by atoms with van der Waals surface area (Å²) in [7, 11) is 0. The molecule has 0 aliphatic carbocycles. The van der Waals surface area contributed by atoms with Crippen molar-refractivity contribution in [2.75, 3.05) is 25.0 Å². The molecule has 6 heteroatoms. The molecule has 0 aromatic carbocycles. The van der Waals surface area contributed by atoms with E-state index in [4.69, 9.17) is 0 Å². The van der Waals surface area contributed by atoms with Crippen molar-refractivity contribution < 1.29 is 4.79 Å². The summed E-state index contributed by atoms with van der Waals surface area (Å²) in [5.41, 5.74) is 1.61. The molecule has 1 aliphatic heterocycles. The molecule has 16 heavy (non-hydrogen) atoms. The Kier molecular flexibility index (Phi) is 4.24. The highest BCUT2D eigenvalue weighted by Gasteiger charge is 2.13. The van der Waals surface area contributed by atoms with Gasteiger partial charge in [-0.05, 0) is 25.9 Å². The number of anilines is 1. The minimum absolute atomic E-state index is 0.0126. The molecule has 0 radical (unpaired) electrons. The molecule has 0 saturated carbocycles. The van der Waals surface area contributed by atoms with E-state index in [9.17, 15) is 4.79 Å². The van der Waals surface area contributed by atoms with Gasteiger partial charge in [-0.15, -0.1) is 10.2 Å². The third-order valence-corrected chi connectivity index (χ3v) is 3.28. The van der Waals surface area contributed by atoms with Crippen molar-refractivity contribution in [3.8, 4) is 0 Å². The monoisotopic (exact) mass is 240 g/mol. The van der Waals surface area contributed by atoms with Crippen LogP contribution in [0.15, 0.2) is 5.51 Å². The van der Waals surface area contributed by atoms with E-state index in [1.54, 1.807) is 5.51 Å². The maximum Gasteiger partial charge on any atom is 0.240 e. The van der Waals surface area contributed by atoms with Crippen LogP contribution in [0.3, 0.4) is 0 Å². The van der Waals surface area contributed by atoms with Crippen LogP contribution in [0.1, 0.15) is 25.7 Å². The van der Waals surface area contributed by atoms with E-state index in [0.29, 0.717) is 11.7 Å². The Balaban J connectivity index is 1.77. The number of nitrogens with zero attached hydrogens (tertiary/aromatic N) is 3. The second-order valence-electron chi connectivity index (χ2n) is 3.98. The number of hydrogen-bond donors (Lipinski definition) is 1. The second-order valence-corrected chi connectivity index (χ2v) is 4.82. The highest BCUT2D eigenvalue weighted by molar-refractivity contribution is 7.13. The van der Waals surface area contributed by atoms with E-state index in [1.165, 1.54) is 37.0 Å². The quantitative estimate of drug-likeness (QED) is 0.866. The van der Waals surface area contributed by atoms with Gasteiger partial charge in [-0.3, -0.25) is 15.0 Å². The second kappa shape index (κ2) is 5.91. The molecule has 0 spiro atoms. The van der Waals surface area contributed by atoms with Crippen LogP contribution in [0.25, 0.3) is 0 Å². The molecule has 0 bridgehead atoms. The van der Waals surface area contributed by atoms with Crippen molar-refractivity contribution in [2.24, 2.45) is 0 Å². The summed E-state index contributed by atoms with van der Waals surface area (Å²) in [5.74, 6) is 0.0126. The van der Waals surface area contributed by atoms with Gasteiger partial charge in [0.05, 0.1) is 6.54 Å². The minimum atomic E-state index is 0.0126. The van der Waals surface area contributed by atoms with Crippen LogP contribution in [0, 0.1) is 0 Å². The normalized spacial score (nSPS) is 18.0. The van der Waals surface area contributed by atoms with Crippen LogP contribution in [0.2, 0.25) is 0 Å². The number of amides is 1. The number of rotatable bonds is 3. The standard InChI is InChI=1S/C10H16N4OS/c15-9(12-10-13-11-8-16-10)7-14-5-3-1-2-4-6-14/h8H,1-7H2,(H,12,13,15). The molecular formula is C10H16N4OS. The number of carbonyl (C=O) groups is 1. The summed E-state index contributed by atoms with van der Waals surface area (Å²) in [6.45, 7) is 2.53. The molecule has 1 saturated heterocycles. The van der Waals surface area contributed by atoms with Crippen LogP contribution in [-0.4, -0.2) is 40.6 Å². The average Bonchev–Trinajstić information content (AvgIpc) is 2.62. The molecule has 2 heterocycles. The van der Waals surface area contributed by atoms with Gasteiger partial charge < -0.3 is 0 Å². The van der Waals surface area contributed by atoms with Gasteiger partial charge in [0.2, 0.25) is 11.0 Å². The molecule has 1 aromatic rings. The fraction of sp³-hybridized carbons (Fsp3) is 0.700. The van der Waals surface area contributed by atoms with Crippen LogP contribution < -0.4 is 5.32 Å². The van der Waals surface area contributed by atoms with E-state index in [-0.39, 0.29) is 5.91 Å². The Morgan fingerprint density at radius 1 is 1.38 bits per heavy atom. The number of hydrogen-bond acceptors (Lipinski definition) is 5. The van der Waals surface area contributed by atoms with Crippen LogP contribution in [0.5, 0.6) is 0 Å². The van der Waals surface area contributed by atoms with E-state index < -0.39 is 0 Å². The molecule has 88 valence electrons. The van der Waals surface area contributed by atoms with Gasteiger partial charge in [-0.2, -0.15) is 0 Å². The molecular weight excluding hydrogens is 224 g/mol. The minimum Gasteiger partial charge on any atom is -0.299 e. The van der Waals surface area contributed by atoms with Crippen molar-refractivity contribution in [1.29, 1.82) is 0 Å². The van der Waals surface area contributed by atoms with Gasteiger partial charge in [-0.25, -0.2) is 0 Å². The summed E-state index contributed by atoms with van der Waals surface area (Å²) in [4.78, 5) is 13.9. The lowest BCUT2D eigenvalue weighted by Crippen LogP contribution is -2.33. The Hall–Kier alpha value is -1.01. The highest BCUT2D eigenvalue weighted by atomic mass is 32.1. The molecule has 1 N–H and O–H groups in total. The molecule has 5 nitrogen and oxygen atoms in total. The lowest BCUT2D eigenvalue weighted by molar-refractivity contribution is -0.117. The van der Waals surface area contributed by atoms with Crippen molar-refractivity contribution in [3.63, 3.8) is 0 Å². The topological polar surface area (TPSA) is 58.1 Å². The summed E-state index contributed by atoms with van der Waals surface area (Å²) in [6, 6.07) is 0. The summed E-state index contributed by atoms with van der Waals surface area (Å²) >= 11 is 1.34. The third kappa shape index (κ3) is 3.53. The largest absolute Gasteiger partial charge is 0.299 e. The average molecular weight is 240 g/mol. The molecule has 2 rings (SSSR count). The summed E-state index contributed by atoms with van der Waals surface area (Å²) in [6.07, 6.45) is 4.97. The lowest BCUT2D eigenvalue weighted by atomic mass is 10.2. The molecule has 0 unspecified atom stereocenters. The fourth-order valence-corrected chi connectivity index (χ4v) is 2.34. The Morgan fingerprint density at radius 3 is 2.75 bits per heavy atom. The first kappa shape index (κ1) is 11.5. The van der Waals surface area contributed by atoms with Gasteiger partial charge in [0.25, 0.3) is 0 Å². The zero-order valence-electron chi connectivity index (χ0n) is 9.19. The van der Waals surface area contributed by atoms with Crippen molar-refractivity contribution in [1.82, 2.24) is 15.1 Å². The Labute approximate surface area is 98.9 Å². The zero-order chi connectivity index (χ0) is 11.2.